The molecule has 0 spiro atoms. The van der Waals surface area contributed by atoms with Crippen molar-refractivity contribution in [2.45, 2.75) is 39.5 Å². The summed E-state index contributed by atoms with van der Waals surface area (Å²) in [5.74, 6) is 1.31. The largest absolute Gasteiger partial charge is 0.360 e. The van der Waals surface area contributed by atoms with Crippen LogP contribution in [0.5, 0.6) is 0 Å². The fourth-order valence-corrected chi connectivity index (χ4v) is 1.64. The molecule has 0 bridgehead atoms. The van der Waals surface area contributed by atoms with Gasteiger partial charge in [0.15, 0.2) is 0 Å². The van der Waals surface area contributed by atoms with Gasteiger partial charge in [-0.15, -0.1) is 0 Å². The molecule has 12 heavy (non-hydrogen) atoms. The average molecular weight is 168 g/mol. The molecule has 0 aromatic heterocycles. The van der Waals surface area contributed by atoms with Crippen molar-refractivity contribution < 1.29 is 0 Å². The molecule has 1 saturated heterocycles. The summed E-state index contributed by atoms with van der Waals surface area (Å²) in [5.41, 5.74) is 0. The van der Waals surface area contributed by atoms with E-state index in [4.69, 9.17) is 5.41 Å². The Morgan fingerprint density at radius 1 is 1.33 bits per heavy atom. The number of hydrogen-bond donors (Lipinski definition) is 1. The Balaban J connectivity index is 2.39. The first-order chi connectivity index (χ1) is 5.75. The summed E-state index contributed by atoms with van der Waals surface area (Å²) in [7, 11) is 0. The molecule has 1 heterocycles. The van der Waals surface area contributed by atoms with E-state index in [1.807, 2.05) is 0 Å². The van der Waals surface area contributed by atoms with E-state index in [-0.39, 0.29) is 0 Å². The van der Waals surface area contributed by atoms with Gasteiger partial charge in [-0.05, 0) is 25.7 Å². The average Bonchev–Trinajstić information content (AvgIpc) is 2.17. The van der Waals surface area contributed by atoms with Crippen molar-refractivity contribution in [1.82, 2.24) is 4.90 Å². The number of hydrogen-bond acceptors (Lipinski definition) is 1. The Morgan fingerprint density at radius 3 is 2.42 bits per heavy atom. The maximum Gasteiger partial charge on any atom is 0.0986 e. The molecule has 2 heteroatoms. The standard InChI is InChI=1S/C10H20N2/c1-3-9(2)10(11)12-7-5-4-6-8-12/h9,11H,3-8H2,1-2H3. The Kier molecular flexibility index (Phi) is 3.57. The lowest BCUT2D eigenvalue weighted by atomic mass is 10.0. The van der Waals surface area contributed by atoms with Crippen molar-refractivity contribution in [2.75, 3.05) is 13.1 Å². The molecule has 1 rings (SSSR count). The Bertz CT molecular complexity index is 148. The third-order valence-electron chi connectivity index (χ3n) is 2.78. The molecule has 1 unspecified atom stereocenters. The molecule has 1 atom stereocenters. The van der Waals surface area contributed by atoms with Crippen LogP contribution in [0.2, 0.25) is 0 Å². The van der Waals surface area contributed by atoms with Gasteiger partial charge in [-0.1, -0.05) is 13.8 Å². The van der Waals surface area contributed by atoms with E-state index in [1.54, 1.807) is 0 Å². The zero-order valence-corrected chi connectivity index (χ0v) is 8.27. The SMILES string of the molecule is CCC(C)C(=N)N1CCCCC1. The van der Waals surface area contributed by atoms with Gasteiger partial charge in [-0.2, -0.15) is 0 Å². The van der Waals surface area contributed by atoms with Gasteiger partial charge in [0, 0.05) is 19.0 Å². The number of piperidine rings is 1. The molecular formula is C10H20N2. The van der Waals surface area contributed by atoms with Gasteiger partial charge in [0.1, 0.15) is 0 Å². The predicted molar refractivity (Wildman–Crippen MR) is 52.6 cm³/mol. The van der Waals surface area contributed by atoms with Gasteiger partial charge in [-0.3, -0.25) is 5.41 Å². The molecule has 0 amide bonds. The van der Waals surface area contributed by atoms with E-state index in [0.717, 1.165) is 25.3 Å². The molecule has 1 aliphatic rings. The summed E-state index contributed by atoms with van der Waals surface area (Å²) < 4.78 is 0. The van der Waals surface area contributed by atoms with E-state index in [0.29, 0.717) is 5.92 Å². The van der Waals surface area contributed by atoms with E-state index in [2.05, 4.69) is 18.7 Å². The quantitative estimate of drug-likeness (QED) is 0.498. The summed E-state index contributed by atoms with van der Waals surface area (Å²) >= 11 is 0. The molecule has 70 valence electrons. The minimum absolute atomic E-state index is 0.447. The molecule has 0 saturated carbocycles. The zero-order chi connectivity index (χ0) is 8.97. The lowest BCUT2D eigenvalue weighted by Gasteiger charge is -2.31. The van der Waals surface area contributed by atoms with Crippen LogP contribution in [0.15, 0.2) is 0 Å². The highest BCUT2D eigenvalue weighted by atomic mass is 15.2. The van der Waals surface area contributed by atoms with E-state index < -0.39 is 0 Å². The van der Waals surface area contributed by atoms with Crippen LogP contribution in [0, 0.1) is 11.3 Å². The summed E-state index contributed by atoms with van der Waals surface area (Å²) in [5, 5.41) is 7.92. The number of nitrogens with zero attached hydrogens (tertiary/aromatic N) is 1. The van der Waals surface area contributed by atoms with E-state index in [1.165, 1.54) is 19.3 Å². The molecule has 1 N–H and O–H groups in total. The predicted octanol–water partition coefficient (Wildman–Crippen LogP) is 2.50. The number of nitrogens with one attached hydrogen (secondary N) is 1. The van der Waals surface area contributed by atoms with Crippen LogP contribution in [-0.2, 0) is 0 Å². The van der Waals surface area contributed by atoms with Gasteiger partial charge in [-0.25, -0.2) is 0 Å². The summed E-state index contributed by atoms with van der Waals surface area (Å²) in [6.07, 6.45) is 5.00. The van der Waals surface area contributed by atoms with Crippen molar-refractivity contribution >= 4 is 5.84 Å². The third kappa shape index (κ3) is 2.23. The van der Waals surface area contributed by atoms with Gasteiger partial charge in [0.25, 0.3) is 0 Å². The molecule has 1 fully saturated rings. The van der Waals surface area contributed by atoms with E-state index >= 15 is 0 Å². The molecule has 2 nitrogen and oxygen atoms in total. The lowest BCUT2D eigenvalue weighted by molar-refractivity contribution is 0.324. The second-order valence-electron chi connectivity index (χ2n) is 3.74. The van der Waals surface area contributed by atoms with Crippen LogP contribution in [0.4, 0.5) is 0 Å². The van der Waals surface area contributed by atoms with E-state index in [9.17, 15) is 0 Å². The minimum atomic E-state index is 0.447. The van der Waals surface area contributed by atoms with Crippen LogP contribution >= 0.6 is 0 Å². The highest BCUT2D eigenvalue weighted by molar-refractivity contribution is 5.81. The summed E-state index contributed by atoms with van der Waals surface area (Å²) in [6, 6.07) is 0. The lowest BCUT2D eigenvalue weighted by Crippen LogP contribution is -2.38. The molecule has 0 aromatic rings. The number of rotatable bonds is 2. The van der Waals surface area contributed by atoms with Crippen LogP contribution in [0.3, 0.4) is 0 Å². The monoisotopic (exact) mass is 168 g/mol. The van der Waals surface area contributed by atoms with Crippen LogP contribution < -0.4 is 0 Å². The molecule has 0 aromatic carbocycles. The number of likely N-dealkylation sites (tertiary alicyclic amines) is 1. The Morgan fingerprint density at radius 2 is 1.92 bits per heavy atom. The van der Waals surface area contributed by atoms with Gasteiger partial charge in [0.05, 0.1) is 5.84 Å². The first-order valence-electron chi connectivity index (χ1n) is 5.09. The molecule has 1 aliphatic heterocycles. The van der Waals surface area contributed by atoms with Crippen molar-refractivity contribution in [2.24, 2.45) is 5.92 Å². The maximum absolute atomic E-state index is 7.92. The fraction of sp³-hybridized carbons (Fsp3) is 0.900. The van der Waals surface area contributed by atoms with Crippen LogP contribution in [-0.4, -0.2) is 23.8 Å². The minimum Gasteiger partial charge on any atom is -0.360 e. The topological polar surface area (TPSA) is 27.1 Å². The summed E-state index contributed by atoms with van der Waals surface area (Å²) in [4.78, 5) is 2.25. The second-order valence-corrected chi connectivity index (χ2v) is 3.74. The number of amidine groups is 1. The molecular weight excluding hydrogens is 148 g/mol. The van der Waals surface area contributed by atoms with Crippen LogP contribution in [0.25, 0.3) is 0 Å². The molecule has 0 aliphatic carbocycles. The molecule has 0 radical (unpaired) electrons. The van der Waals surface area contributed by atoms with Crippen LogP contribution in [0.1, 0.15) is 39.5 Å². The third-order valence-corrected chi connectivity index (χ3v) is 2.78. The normalized spacial score (nSPS) is 20.7. The Labute approximate surface area is 75.5 Å². The Hall–Kier alpha value is -0.530. The summed E-state index contributed by atoms with van der Waals surface area (Å²) in [6.45, 7) is 6.53. The van der Waals surface area contributed by atoms with Gasteiger partial charge < -0.3 is 4.90 Å². The highest BCUT2D eigenvalue weighted by Crippen LogP contribution is 2.13. The van der Waals surface area contributed by atoms with Crippen molar-refractivity contribution in [3.8, 4) is 0 Å². The van der Waals surface area contributed by atoms with Crippen molar-refractivity contribution in [1.29, 1.82) is 5.41 Å². The smallest absolute Gasteiger partial charge is 0.0986 e. The maximum atomic E-state index is 7.92. The second kappa shape index (κ2) is 4.48. The zero-order valence-electron chi connectivity index (χ0n) is 8.27. The first kappa shape index (κ1) is 9.56. The first-order valence-corrected chi connectivity index (χ1v) is 5.09. The highest BCUT2D eigenvalue weighted by Gasteiger charge is 2.16. The fourth-order valence-electron chi connectivity index (χ4n) is 1.64. The van der Waals surface area contributed by atoms with Gasteiger partial charge in [0.2, 0.25) is 0 Å². The van der Waals surface area contributed by atoms with Crippen molar-refractivity contribution in [3.63, 3.8) is 0 Å². The van der Waals surface area contributed by atoms with Crippen molar-refractivity contribution in [3.05, 3.63) is 0 Å². The van der Waals surface area contributed by atoms with Gasteiger partial charge >= 0.3 is 0 Å².